The summed E-state index contributed by atoms with van der Waals surface area (Å²) in [6.07, 6.45) is 0. The van der Waals surface area contributed by atoms with E-state index in [1.165, 1.54) is 17.0 Å². The predicted molar refractivity (Wildman–Crippen MR) is 83.0 cm³/mol. The molecule has 3 rings (SSSR count). The van der Waals surface area contributed by atoms with Crippen molar-refractivity contribution in [1.82, 2.24) is 10.2 Å². The number of nitro groups is 1. The molecule has 1 aliphatic heterocycles. The molecule has 2 heterocycles. The van der Waals surface area contributed by atoms with Crippen LogP contribution in [0.3, 0.4) is 0 Å². The van der Waals surface area contributed by atoms with E-state index >= 15 is 0 Å². The van der Waals surface area contributed by atoms with Gasteiger partial charge in [0.05, 0.1) is 12.0 Å². The summed E-state index contributed by atoms with van der Waals surface area (Å²) in [4.78, 5) is 35.3. The Morgan fingerprint density at radius 1 is 1.28 bits per heavy atom. The van der Waals surface area contributed by atoms with Crippen LogP contribution in [0.15, 0.2) is 40.8 Å². The normalized spacial score (nSPS) is 14.0. The molecule has 1 saturated heterocycles. The lowest BCUT2D eigenvalue weighted by atomic mass is 9.98. The first-order chi connectivity index (χ1) is 12.0. The van der Waals surface area contributed by atoms with Gasteiger partial charge in [0.25, 0.3) is 5.91 Å². The molecule has 1 aromatic carbocycles. The largest absolute Gasteiger partial charge is 0.433 e. The third-order valence-electron chi connectivity index (χ3n) is 3.93. The summed E-state index contributed by atoms with van der Waals surface area (Å²) in [6.45, 7) is 0.424. The van der Waals surface area contributed by atoms with Crippen LogP contribution < -0.4 is 5.32 Å². The van der Waals surface area contributed by atoms with E-state index in [1.54, 1.807) is 18.2 Å². The summed E-state index contributed by atoms with van der Waals surface area (Å²) < 4.78 is 18.3. The highest BCUT2D eigenvalue weighted by molar-refractivity contribution is 5.94. The van der Waals surface area contributed by atoms with Gasteiger partial charge in [0, 0.05) is 25.2 Å². The van der Waals surface area contributed by atoms with Gasteiger partial charge in [-0.25, -0.2) is 4.39 Å². The van der Waals surface area contributed by atoms with Crippen molar-refractivity contribution >= 4 is 17.7 Å². The highest BCUT2D eigenvalue weighted by Crippen LogP contribution is 2.22. The van der Waals surface area contributed by atoms with E-state index in [0.29, 0.717) is 5.56 Å². The van der Waals surface area contributed by atoms with Crippen molar-refractivity contribution in [3.8, 4) is 0 Å². The molecule has 0 aliphatic carbocycles. The summed E-state index contributed by atoms with van der Waals surface area (Å²) in [5, 5.41) is 13.2. The minimum absolute atomic E-state index is 0.0698. The third kappa shape index (κ3) is 3.49. The molecule has 8 nitrogen and oxygen atoms in total. The number of benzene rings is 1. The summed E-state index contributed by atoms with van der Waals surface area (Å²) >= 11 is 0. The zero-order valence-electron chi connectivity index (χ0n) is 13.0. The standard InChI is InChI=1S/C16H14FN3O5/c17-12-4-2-1-3-10(12)7-18-15(21)11-8-19(9-11)16(22)13-5-6-14(25-13)20(23)24/h1-6,11H,7-9H2,(H,18,21). The van der Waals surface area contributed by atoms with Gasteiger partial charge in [-0.1, -0.05) is 18.2 Å². The van der Waals surface area contributed by atoms with Gasteiger partial charge in [-0.15, -0.1) is 0 Å². The maximum Gasteiger partial charge on any atom is 0.433 e. The molecule has 9 heteroatoms. The molecule has 1 aromatic heterocycles. The highest BCUT2D eigenvalue weighted by atomic mass is 19.1. The molecule has 1 fully saturated rings. The molecule has 2 amide bonds. The van der Waals surface area contributed by atoms with Gasteiger partial charge in [0.2, 0.25) is 5.91 Å². The Balaban J connectivity index is 1.49. The van der Waals surface area contributed by atoms with Crippen molar-refractivity contribution in [3.63, 3.8) is 0 Å². The van der Waals surface area contributed by atoms with Crippen molar-refractivity contribution in [2.75, 3.05) is 13.1 Å². The van der Waals surface area contributed by atoms with Crippen LogP contribution in [0.25, 0.3) is 0 Å². The highest BCUT2D eigenvalue weighted by Gasteiger charge is 2.37. The van der Waals surface area contributed by atoms with E-state index in [0.717, 1.165) is 6.07 Å². The topological polar surface area (TPSA) is 106 Å². The third-order valence-corrected chi connectivity index (χ3v) is 3.93. The number of nitrogens with one attached hydrogen (secondary N) is 1. The van der Waals surface area contributed by atoms with Crippen molar-refractivity contribution < 1.29 is 23.3 Å². The number of amides is 2. The van der Waals surface area contributed by atoms with Crippen LogP contribution >= 0.6 is 0 Å². The zero-order valence-corrected chi connectivity index (χ0v) is 13.0. The number of hydrogen-bond donors (Lipinski definition) is 1. The number of halogens is 1. The van der Waals surface area contributed by atoms with Crippen LogP contribution in [0.2, 0.25) is 0 Å². The van der Waals surface area contributed by atoms with Crippen LogP contribution in [-0.4, -0.2) is 34.7 Å². The van der Waals surface area contributed by atoms with Crippen molar-refractivity contribution in [1.29, 1.82) is 0 Å². The molecular weight excluding hydrogens is 333 g/mol. The Kier molecular flexibility index (Phi) is 4.46. The summed E-state index contributed by atoms with van der Waals surface area (Å²) in [5.41, 5.74) is 0.381. The van der Waals surface area contributed by atoms with Crippen molar-refractivity contribution in [2.24, 2.45) is 5.92 Å². The van der Waals surface area contributed by atoms with Gasteiger partial charge in [-0.3, -0.25) is 19.7 Å². The Labute approximate surface area is 141 Å². The molecule has 0 unspecified atom stereocenters. The van der Waals surface area contributed by atoms with Crippen molar-refractivity contribution in [2.45, 2.75) is 6.54 Å². The quantitative estimate of drug-likeness (QED) is 0.655. The first-order valence-electron chi connectivity index (χ1n) is 7.50. The molecule has 2 aromatic rings. The molecule has 0 atom stereocenters. The van der Waals surface area contributed by atoms with E-state index in [-0.39, 0.29) is 31.3 Å². The molecule has 1 aliphatic rings. The van der Waals surface area contributed by atoms with E-state index < -0.39 is 28.4 Å². The van der Waals surface area contributed by atoms with E-state index in [4.69, 9.17) is 4.42 Å². The van der Waals surface area contributed by atoms with Crippen LogP contribution in [0.4, 0.5) is 10.3 Å². The second-order valence-corrected chi connectivity index (χ2v) is 5.61. The predicted octanol–water partition coefficient (Wildman–Crippen LogP) is 1.72. The minimum Gasteiger partial charge on any atom is -0.395 e. The number of furan rings is 1. The van der Waals surface area contributed by atoms with Gasteiger partial charge < -0.3 is 14.6 Å². The van der Waals surface area contributed by atoms with Gasteiger partial charge in [0.1, 0.15) is 10.7 Å². The number of hydrogen-bond acceptors (Lipinski definition) is 5. The average molecular weight is 347 g/mol. The lowest BCUT2D eigenvalue weighted by molar-refractivity contribution is -0.402. The molecule has 0 spiro atoms. The average Bonchev–Trinajstić information content (AvgIpc) is 3.03. The van der Waals surface area contributed by atoms with E-state index in [1.807, 2.05) is 0 Å². The fourth-order valence-corrected chi connectivity index (χ4v) is 2.48. The molecule has 0 radical (unpaired) electrons. The maximum absolute atomic E-state index is 13.5. The Bertz CT molecular complexity index is 829. The van der Waals surface area contributed by atoms with E-state index in [2.05, 4.69) is 5.32 Å². The Morgan fingerprint density at radius 3 is 2.64 bits per heavy atom. The van der Waals surface area contributed by atoms with Crippen LogP contribution in [0.5, 0.6) is 0 Å². The zero-order chi connectivity index (χ0) is 18.0. The maximum atomic E-state index is 13.5. The second-order valence-electron chi connectivity index (χ2n) is 5.61. The number of carbonyl (C=O) groups is 2. The van der Waals surface area contributed by atoms with Gasteiger partial charge in [0.15, 0.2) is 5.76 Å². The number of likely N-dealkylation sites (tertiary alicyclic amines) is 1. The first-order valence-corrected chi connectivity index (χ1v) is 7.50. The molecule has 25 heavy (non-hydrogen) atoms. The number of carbonyl (C=O) groups excluding carboxylic acids is 2. The lowest BCUT2D eigenvalue weighted by Gasteiger charge is -2.37. The Morgan fingerprint density at radius 2 is 2.00 bits per heavy atom. The van der Waals surface area contributed by atoms with Crippen LogP contribution in [-0.2, 0) is 11.3 Å². The van der Waals surface area contributed by atoms with Gasteiger partial charge in [-0.2, -0.15) is 0 Å². The second kappa shape index (κ2) is 6.71. The number of rotatable bonds is 5. The molecule has 130 valence electrons. The van der Waals surface area contributed by atoms with Crippen molar-refractivity contribution in [3.05, 3.63) is 63.7 Å². The summed E-state index contributed by atoms with van der Waals surface area (Å²) in [7, 11) is 0. The van der Waals surface area contributed by atoms with E-state index in [9.17, 15) is 24.1 Å². The Hall–Kier alpha value is -3.23. The fourth-order valence-electron chi connectivity index (χ4n) is 2.48. The van der Waals surface area contributed by atoms with Gasteiger partial charge >= 0.3 is 5.88 Å². The molecule has 0 bridgehead atoms. The summed E-state index contributed by atoms with van der Waals surface area (Å²) in [5.74, 6) is -2.24. The lowest BCUT2D eigenvalue weighted by Crippen LogP contribution is -2.55. The molecule has 1 N–H and O–H groups in total. The monoisotopic (exact) mass is 347 g/mol. The minimum atomic E-state index is -0.730. The smallest absolute Gasteiger partial charge is 0.395 e. The molecule has 0 saturated carbocycles. The van der Waals surface area contributed by atoms with Gasteiger partial charge in [-0.05, 0) is 12.1 Å². The SMILES string of the molecule is O=C(NCc1ccccc1F)C1CN(C(=O)c2ccc([N+](=O)[O-])o2)C1. The fraction of sp³-hybridized carbons (Fsp3) is 0.250. The molecular formula is C16H14FN3O5. The summed E-state index contributed by atoms with van der Waals surface area (Å²) in [6, 6.07) is 8.47. The van der Waals surface area contributed by atoms with Crippen LogP contribution in [0, 0.1) is 21.8 Å². The number of nitrogens with zero attached hydrogens (tertiary/aromatic N) is 2. The first kappa shape index (κ1) is 16.6. The van der Waals surface area contributed by atoms with Crippen LogP contribution in [0.1, 0.15) is 16.1 Å².